The average molecular weight is 332 g/mol. The summed E-state index contributed by atoms with van der Waals surface area (Å²) < 4.78 is 0. The van der Waals surface area contributed by atoms with Crippen LogP contribution in [0.3, 0.4) is 0 Å². The van der Waals surface area contributed by atoms with E-state index in [2.05, 4.69) is 33.2 Å². The summed E-state index contributed by atoms with van der Waals surface area (Å²) >= 11 is 0. The lowest BCUT2D eigenvalue weighted by atomic mass is 9.91. The molecule has 24 heavy (non-hydrogen) atoms. The van der Waals surface area contributed by atoms with Crippen LogP contribution in [0.1, 0.15) is 63.4 Å². The summed E-state index contributed by atoms with van der Waals surface area (Å²) in [5, 5.41) is 13.5. The minimum absolute atomic E-state index is 0.0665. The molecule has 5 nitrogen and oxygen atoms in total. The van der Waals surface area contributed by atoms with E-state index >= 15 is 0 Å². The van der Waals surface area contributed by atoms with Gasteiger partial charge in [-0.2, -0.15) is 0 Å². The molecular weight excluding hydrogens is 300 g/mol. The van der Waals surface area contributed by atoms with Crippen molar-refractivity contribution >= 4 is 5.82 Å². The summed E-state index contributed by atoms with van der Waals surface area (Å²) in [6.45, 7) is 6.32. The van der Waals surface area contributed by atoms with E-state index in [4.69, 9.17) is 0 Å². The van der Waals surface area contributed by atoms with E-state index in [1.165, 1.54) is 18.5 Å². The first kappa shape index (κ1) is 17.6. The molecule has 0 bridgehead atoms. The van der Waals surface area contributed by atoms with E-state index in [9.17, 15) is 5.11 Å². The number of hydrogen-bond acceptors (Lipinski definition) is 5. The molecule has 1 saturated carbocycles. The van der Waals surface area contributed by atoms with Gasteiger partial charge < -0.3 is 15.3 Å². The number of aryl methyl sites for hydroxylation is 2. The Balaban J connectivity index is 1.51. The number of aliphatic hydroxyl groups excluding tert-OH is 1. The topological polar surface area (TPSA) is 61.3 Å². The van der Waals surface area contributed by atoms with Crippen LogP contribution in [0.5, 0.6) is 0 Å². The lowest BCUT2D eigenvalue weighted by Gasteiger charge is -2.36. The van der Waals surface area contributed by atoms with Gasteiger partial charge in [-0.25, -0.2) is 9.97 Å². The molecule has 0 aromatic carbocycles. The summed E-state index contributed by atoms with van der Waals surface area (Å²) in [7, 11) is 0. The maximum absolute atomic E-state index is 9.63. The van der Waals surface area contributed by atoms with E-state index in [0.29, 0.717) is 12.1 Å². The predicted octanol–water partition coefficient (Wildman–Crippen LogP) is 2.60. The lowest BCUT2D eigenvalue weighted by Crippen LogP contribution is -2.47. The first-order chi connectivity index (χ1) is 11.6. The van der Waals surface area contributed by atoms with E-state index in [1.807, 2.05) is 6.92 Å². The van der Waals surface area contributed by atoms with E-state index < -0.39 is 0 Å². The molecule has 1 aromatic rings. The molecule has 0 atom stereocenters. The van der Waals surface area contributed by atoms with E-state index in [-0.39, 0.29) is 6.10 Å². The Morgan fingerprint density at radius 1 is 1.08 bits per heavy atom. The Morgan fingerprint density at radius 3 is 2.42 bits per heavy atom. The number of piperidine rings is 1. The van der Waals surface area contributed by atoms with Crippen molar-refractivity contribution in [2.24, 2.45) is 0 Å². The first-order valence-electron chi connectivity index (χ1n) is 9.67. The molecule has 2 N–H and O–H groups in total. The largest absolute Gasteiger partial charge is 0.393 e. The number of hydrogen-bond donors (Lipinski definition) is 2. The molecule has 5 heteroatoms. The quantitative estimate of drug-likeness (QED) is 0.868. The van der Waals surface area contributed by atoms with Gasteiger partial charge in [0.2, 0.25) is 0 Å². The van der Waals surface area contributed by atoms with E-state index in [0.717, 1.165) is 63.3 Å². The molecule has 2 heterocycles. The van der Waals surface area contributed by atoms with Crippen LogP contribution in [0.4, 0.5) is 5.82 Å². The summed E-state index contributed by atoms with van der Waals surface area (Å²) in [6.07, 6.45) is 8.58. The van der Waals surface area contributed by atoms with Gasteiger partial charge in [0.1, 0.15) is 11.6 Å². The average Bonchev–Trinajstić information content (AvgIpc) is 2.57. The Labute approximate surface area is 145 Å². The maximum Gasteiger partial charge on any atom is 0.132 e. The second-order valence-corrected chi connectivity index (χ2v) is 7.45. The van der Waals surface area contributed by atoms with Crippen LogP contribution in [0.25, 0.3) is 0 Å². The molecule has 0 unspecified atom stereocenters. The minimum Gasteiger partial charge on any atom is -0.393 e. The minimum atomic E-state index is -0.0665. The van der Waals surface area contributed by atoms with Crippen molar-refractivity contribution < 1.29 is 5.11 Å². The fourth-order valence-electron chi connectivity index (χ4n) is 4.01. The molecular formula is C19H32N4O. The van der Waals surface area contributed by atoms with Crippen LogP contribution >= 0.6 is 0 Å². The molecule has 1 aliphatic heterocycles. The molecule has 3 rings (SSSR count). The summed E-state index contributed by atoms with van der Waals surface area (Å²) in [5.41, 5.74) is 1.17. The van der Waals surface area contributed by atoms with Gasteiger partial charge in [0, 0.05) is 36.9 Å². The van der Waals surface area contributed by atoms with Crippen LogP contribution in [0.2, 0.25) is 0 Å². The third-order valence-corrected chi connectivity index (χ3v) is 5.37. The highest BCUT2D eigenvalue weighted by atomic mass is 16.3. The van der Waals surface area contributed by atoms with Gasteiger partial charge >= 0.3 is 0 Å². The fourth-order valence-corrected chi connectivity index (χ4v) is 4.01. The van der Waals surface area contributed by atoms with Gasteiger partial charge in [-0.1, -0.05) is 13.3 Å². The fraction of sp³-hybridized carbons (Fsp3) is 0.789. The van der Waals surface area contributed by atoms with Crippen molar-refractivity contribution in [2.75, 3.05) is 18.0 Å². The molecule has 0 amide bonds. The third-order valence-electron chi connectivity index (χ3n) is 5.37. The highest BCUT2D eigenvalue weighted by Crippen LogP contribution is 2.23. The second-order valence-electron chi connectivity index (χ2n) is 7.45. The Kier molecular flexibility index (Phi) is 6.06. The highest BCUT2D eigenvalue weighted by molar-refractivity contribution is 5.40. The molecule has 2 fully saturated rings. The number of anilines is 1. The number of aliphatic hydroxyl groups is 1. The van der Waals surface area contributed by atoms with Crippen LogP contribution in [0.15, 0.2) is 6.07 Å². The molecule has 1 aliphatic carbocycles. The Morgan fingerprint density at radius 2 is 1.75 bits per heavy atom. The Hall–Kier alpha value is -1.20. The molecule has 1 aromatic heterocycles. The normalized spacial score (nSPS) is 25.9. The third kappa shape index (κ3) is 4.67. The maximum atomic E-state index is 9.63. The Bertz CT molecular complexity index is 520. The van der Waals surface area contributed by atoms with Crippen LogP contribution in [0, 0.1) is 6.92 Å². The standard InChI is InChI=1S/C19H32N4O/c1-3-4-17-13-19(21-14(2)20-17)23-11-9-16(10-12-23)22-15-5-7-18(24)8-6-15/h13,15-16,18,22,24H,3-12H2,1-2H3. The van der Waals surface area contributed by atoms with Gasteiger partial charge in [-0.15, -0.1) is 0 Å². The van der Waals surface area contributed by atoms with Crippen molar-refractivity contribution in [2.45, 2.75) is 83.4 Å². The van der Waals surface area contributed by atoms with Crippen LogP contribution < -0.4 is 10.2 Å². The van der Waals surface area contributed by atoms with Gasteiger partial charge in [0.05, 0.1) is 6.10 Å². The van der Waals surface area contributed by atoms with E-state index in [1.54, 1.807) is 0 Å². The summed E-state index contributed by atoms with van der Waals surface area (Å²) in [6, 6.07) is 3.38. The molecule has 0 spiro atoms. The van der Waals surface area contributed by atoms with Gasteiger partial charge in [-0.3, -0.25) is 0 Å². The highest BCUT2D eigenvalue weighted by Gasteiger charge is 2.25. The first-order valence-corrected chi connectivity index (χ1v) is 9.67. The molecule has 1 saturated heterocycles. The number of nitrogens with zero attached hydrogens (tertiary/aromatic N) is 3. The summed E-state index contributed by atoms with van der Waals surface area (Å²) in [5.74, 6) is 1.99. The van der Waals surface area contributed by atoms with Crippen molar-refractivity contribution in [3.05, 3.63) is 17.6 Å². The van der Waals surface area contributed by atoms with Crippen molar-refractivity contribution in [3.8, 4) is 0 Å². The predicted molar refractivity (Wildman–Crippen MR) is 97.4 cm³/mol. The van der Waals surface area contributed by atoms with Gasteiger partial charge in [0.15, 0.2) is 0 Å². The van der Waals surface area contributed by atoms with Crippen molar-refractivity contribution in [3.63, 3.8) is 0 Å². The zero-order valence-corrected chi connectivity index (χ0v) is 15.2. The number of aromatic nitrogens is 2. The van der Waals surface area contributed by atoms with Gasteiger partial charge in [0.25, 0.3) is 0 Å². The molecule has 0 radical (unpaired) electrons. The zero-order chi connectivity index (χ0) is 16.9. The molecule has 134 valence electrons. The smallest absolute Gasteiger partial charge is 0.132 e. The SMILES string of the molecule is CCCc1cc(N2CCC(NC3CCC(O)CC3)CC2)nc(C)n1. The number of nitrogens with one attached hydrogen (secondary N) is 1. The molecule has 2 aliphatic rings. The van der Waals surface area contributed by atoms with Crippen molar-refractivity contribution in [1.29, 1.82) is 0 Å². The summed E-state index contributed by atoms with van der Waals surface area (Å²) in [4.78, 5) is 11.6. The monoisotopic (exact) mass is 332 g/mol. The number of rotatable bonds is 5. The van der Waals surface area contributed by atoms with Crippen LogP contribution in [-0.4, -0.2) is 46.4 Å². The van der Waals surface area contributed by atoms with Gasteiger partial charge in [-0.05, 0) is 51.9 Å². The lowest BCUT2D eigenvalue weighted by molar-refractivity contribution is 0.113. The zero-order valence-electron chi connectivity index (χ0n) is 15.2. The van der Waals surface area contributed by atoms with Crippen LogP contribution in [-0.2, 0) is 6.42 Å². The van der Waals surface area contributed by atoms with Crippen molar-refractivity contribution in [1.82, 2.24) is 15.3 Å². The second kappa shape index (κ2) is 8.26.